The second kappa shape index (κ2) is 7.96. The quantitative estimate of drug-likeness (QED) is 0.800. The van der Waals surface area contributed by atoms with Gasteiger partial charge in [-0.15, -0.1) is 0 Å². The van der Waals surface area contributed by atoms with Gasteiger partial charge in [-0.2, -0.15) is 0 Å². The molecule has 0 radical (unpaired) electrons. The van der Waals surface area contributed by atoms with E-state index in [2.05, 4.69) is 24.5 Å². The number of nitrogens with one attached hydrogen (secondary N) is 2. The summed E-state index contributed by atoms with van der Waals surface area (Å²) in [5, 5.41) is 5.38. The average Bonchev–Trinajstić information content (AvgIpc) is 2.42. The monoisotopic (exact) mass is 298 g/mol. The number of anilines is 1. The van der Waals surface area contributed by atoms with Crippen molar-refractivity contribution in [1.29, 1.82) is 0 Å². The van der Waals surface area contributed by atoms with Crippen molar-refractivity contribution in [2.24, 2.45) is 5.92 Å². The van der Waals surface area contributed by atoms with Gasteiger partial charge in [0.15, 0.2) is 0 Å². The number of carbonyl (C=O) groups is 1. The molecule has 0 saturated heterocycles. The predicted octanol–water partition coefficient (Wildman–Crippen LogP) is 3.95. The largest absolute Gasteiger partial charge is 0.381 e. The van der Waals surface area contributed by atoms with Gasteiger partial charge in [-0.1, -0.05) is 20.3 Å². The molecule has 0 spiro atoms. The highest BCUT2D eigenvalue weighted by Crippen LogP contribution is 2.21. The molecule has 1 aromatic carbocycles. The van der Waals surface area contributed by atoms with Crippen LogP contribution in [0, 0.1) is 17.6 Å². The molecule has 0 fully saturated rings. The summed E-state index contributed by atoms with van der Waals surface area (Å²) in [4.78, 5) is 12.0. The van der Waals surface area contributed by atoms with Crippen molar-refractivity contribution in [3.63, 3.8) is 0 Å². The fourth-order valence-electron chi connectivity index (χ4n) is 2.19. The molecule has 1 aromatic rings. The van der Waals surface area contributed by atoms with E-state index in [1.54, 1.807) is 6.92 Å². The highest BCUT2D eigenvalue weighted by Gasteiger charge is 2.17. The van der Waals surface area contributed by atoms with Gasteiger partial charge in [0.2, 0.25) is 0 Å². The van der Waals surface area contributed by atoms with Crippen LogP contribution in [0.1, 0.15) is 50.9 Å². The van der Waals surface area contributed by atoms with Crippen LogP contribution in [0.2, 0.25) is 0 Å². The van der Waals surface area contributed by atoms with Gasteiger partial charge in [-0.25, -0.2) is 8.78 Å². The number of rotatable bonds is 7. The van der Waals surface area contributed by atoms with E-state index in [-0.39, 0.29) is 17.3 Å². The van der Waals surface area contributed by atoms with E-state index in [1.807, 2.05) is 6.92 Å². The maximum atomic E-state index is 13.8. The van der Waals surface area contributed by atoms with Gasteiger partial charge < -0.3 is 10.6 Å². The van der Waals surface area contributed by atoms with Crippen LogP contribution >= 0.6 is 0 Å². The topological polar surface area (TPSA) is 41.1 Å². The molecular formula is C16H24F2N2O. The van der Waals surface area contributed by atoms with Crippen molar-refractivity contribution in [2.45, 2.75) is 46.6 Å². The van der Waals surface area contributed by atoms with Crippen LogP contribution in [0.25, 0.3) is 0 Å². The summed E-state index contributed by atoms with van der Waals surface area (Å²) >= 11 is 0. The van der Waals surface area contributed by atoms with Crippen molar-refractivity contribution in [3.8, 4) is 0 Å². The third kappa shape index (κ3) is 4.99. The molecule has 2 N–H and O–H groups in total. The molecule has 0 heterocycles. The molecule has 0 aromatic heterocycles. The first-order chi connectivity index (χ1) is 9.88. The first kappa shape index (κ1) is 17.4. The van der Waals surface area contributed by atoms with Gasteiger partial charge in [0.25, 0.3) is 5.91 Å². The zero-order chi connectivity index (χ0) is 16.0. The summed E-state index contributed by atoms with van der Waals surface area (Å²) in [6.45, 7) is 8.24. The predicted molar refractivity (Wildman–Crippen MR) is 81.5 cm³/mol. The Labute approximate surface area is 125 Å². The number of halogens is 2. The number of carbonyl (C=O) groups excluding carboxylic acids is 1. The summed E-state index contributed by atoms with van der Waals surface area (Å²) in [5.74, 6) is -1.47. The molecule has 2 atom stereocenters. The minimum Gasteiger partial charge on any atom is -0.381 e. The molecule has 21 heavy (non-hydrogen) atoms. The second-order valence-corrected chi connectivity index (χ2v) is 5.47. The molecule has 3 nitrogen and oxygen atoms in total. The molecule has 0 saturated carbocycles. The summed E-state index contributed by atoms with van der Waals surface area (Å²) in [5.41, 5.74) is -0.190. The van der Waals surface area contributed by atoms with Gasteiger partial charge >= 0.3 is 0 Å². The SMILES string of the molecule is CCNc1c(F)cc(C(=O)NC(C)CC(C)CC)cc1F. The smallest absolute Gasteiger partial charge is 0.251 e. The van der Waals surface area contributed by atoms with Crippen LogP contribution in [0.15, 0.2) is 12.1 Å². The van der Waals surface area contributed by atoms with Crippen LogP contribution in [0.5, 0.6) is 0 Å². The van der Waals surface area contributed by atoms with E-state index in [0.29, 0.717) is 12.5 Å². The highest BCUT2D eigenvalue weighted by atomic mass is 19.1. The Morgan fingerprint density at radius 3 is 2.24 bits per heavy atom. The molecule has 0 aliphatic heterocycles. The lowest BCUT2D eigenvalue weighted by atomic mass is 10.00. The van der Waals surface area contributed by atoms with E-state index in [0.717, 1.165) is 25.0 Å². The lowest BCUT2D eigenvalue weighted by molar-refractivity contribution is 0.0934. The minimum absolute atomic E-state index is 0.00246. The molecule has 1 amide bonds. The zero-order valence-corrected chi connectivity index (χ0v) is 13.1. The lowest BCUT2D eigenvalue weighted by Crippen LogP contribution is -2.33. The van der Waals surface area contributed by atoms with E-state index >= 15 is 0 Å². The van der Waals surface area contributed by atoms with E-state index < -0.39 is 17.5 Å². The van der Waals surface area contributed by atoms with Gasteiger partial charge in [0, 0.05) is 18.2 Å². The molecule has 118 valence electrons. The van der Waals surface area contributed by atoms with Crippen molar-refractivity contribution >= 4 is 11.6 Å². The third-order valence-electron chi connectivity index (χ3n) is 3.49. The van der Waals surface area contributed by atoms with E-state index in [9.17, 15) is 13.6 Å². The summed E-state index contributed by atoms with van der Waals surface area (Å²) in [6, 6.07) is 2.09. The van der Waals surface area contributed by atoms with Crippen molar-refractivity contribution in [3.05, 3.63) is 29.3 Å². The Morgan fingerprint density at radius 2 is 1.76 bits per heavy atom. The van der Waals surface area contributed by atoms with Gasteiger partial charge in [0.05, 0.1) is 0 Å². The first-order valence-corrected chi connectivity index (χ1v) is 7.42. The molecular weight excluding hydrogens is 274 g/mol. The second-order valence-electron chi connectivity index (χ2n) is 5.47. The Hall–Kier alpha value is -1.65. The zero-order valence-electron chi connectivity index (χ0n) is 13.1. The molecule has 0 aliphatic carbocycles. The lowest BCUT2D eigenvalue weighted by Gasteiger charge is -2.18. The maximum absolute atomic E-state index is 13.8. The Bertz CT molecular complexity index is 468. The average molecular weight is 298 g/mol. The number of benzene rings is 1. The highest BCUT2D eigenvalue weighted by molar-refractivity contribution is 5.94. The normalized spacial score (nSPS) is 13.6. The Kier molecular flexibility index (Phi) is 6.59. The summed E-state index contributed by atoms with van der Waals surface area (Å²) in [6.07, 6.45) is 1.86. The first-order valence-electron chi connectivity index (χ1n) is 7.42. The van der Waals surface area contributed by atoms with Crippen LogP contribution in [-0.4, -0.2) is 18.5 Å². The molecule has 2 unspecified atom stereocenters. The minimum atomic E-state index is -0.753. The molecule has 0 aliphatic rings. The van der Waals surface area contributed by atoms with E-state index in [1.165, 1.54) is 0 Å². The Balaban J connectivity index is 2.79. The van der Waals surface area contributed by atoms with E-state index in [4.69, 9.17) is 0 Å². The van der Waals surface area contributed by atoms with Crippen molar-refractivity contribution in [1.82, 2.24) is 5.32 Å². The third-order valence-corrected chi connectivity index (χ3v) is 3.49. The maximum Gasteiger partial charge on any atom is 0.251 e. The van der Waals surface area contributed by atoms with Crippen LogP contribution in [-0.2, 0) is 0 Å². The van der Waals surface area contributed by atoms with Crippen LogP contribution < -0.4 is 10.6 Å². The van der Waals surface area contributed by atoms with Crippen LogP contribution in [0.4, 0.5) is 14.5 Å². The van der Waals surface area contributed by atoms with Gasteiger partial charge in [-0.05, 0) is 38.3 Å². The van der Waals surface area contributed by atoms with Crippen LogP contribution in [0.3, 0.4) is 0 Å². The van der Waals surface area contributed by atoms with Gasteiger partial charge in [-0.3, -0.25) is 4.79 Å². The summed E-state index contributed by atoms with van der Waals surface area (Å²) < 4.78 is 27.6. The molecule has 0 bridgehead atoms. The van der Waals surface area contributed by atoms with Crippen molar-refractivity contribution in [2.75, 3.05) is 11.9 Å². The number of amides is 1. The fraction of sp³-hybridized carbons (Fsp3) is 0.562. The summed E-state index contributed by atoms with van der Waals surface area (Å²) in [7, 11) is 0. The standard InChI is InChI=1S/C16H24F2N2O/c1-5-10(3)7-11(4)20-16(21)12-8-13(17)15(19-6-2)14(18)9-12/h8-11,19H,5-7H2,1-4H3,(H,20,21). The number of hydrogen-bond acceptors (Lipinski definition) is 2. The molecule has 5 heteroatoms. The Morgan fingerprint density at radius 1 is 1.19 bits per heavy atom. The van der Waals surface area contributed by atoms with Crippen molar-refractivity contribution < 1.29 is 13.6 Å². The fourth-order valence-corrected chi connectivity index (χ4v) is 2.19. The number of hydrogen-bond donors (Lipinski definition) is 2. The molecule has 1 rings (SSSR count). The van der Waals surface area contributed by atoms with Gasteiger partial charge in [0.1, 0.15) is 17.3 Å².